The van der Waals surface area contributed by atoms with Crippen molar-refractivity contribution in [3.63, 3.8) is 0 Å². The average molecular weight is 516 g/mol. The van der Waals surface area contributed by atoms with Gasteiger partial charge in [-0.1, -0.05) is 0 Å². The highest BCUT2D eigenvalue weighted by Gasteiger charge is 2.32. The molecular formula is C29H30FN5O3. The van der Waals surface area contributed by atoms with E-state index in [0.717, 1.165) is 24.0 Å². The monoisotopic (exact) mass is 515 g/mol. The minimum absolute atomic E-state index is 0.0651. The molecule has 5 rings (SSSR count). The smallest absolute Gasteiger partial charge is 0.262 e. The summed E-state index contributed by atoms with van der Waals surface area (Å²) in [5.74, 6) is 0.410. The van der Waals surface area contributed by atoms with Crippen LogP contribution in [0.5, 0.6) is 5.75 Å². The SMILES string of the molecule is Cc1cnc(COc2cc(C)n(-c3cc(-c4ccnc(C(C)(C)O)n4)ncc3C)c(=O)c2C2CC2)c(F)c1. The van der Waals surface area contributed by atoms with Crippen LogP contribution in [0.15, 0.2) is 47.7 Å². The molecule has 0 radical (unpaired) electrons. The molecule has 196 valence electrons. The van der Waals surface area contributed by atoms with Crippen LogP contribution in [0, 0.1) is 26.6 Å². The van der Waals surface area contributed by atoms with Crippen LogP contribution in [0.2, 0.25) is 0 Å². The van der Waals surface area contributed by atoms with E-state index in [9.17, 15) is 14.3 Å². The quantitative estimate of drug-likeness (QED) is 0.376. The van der Waals surface area contributed by atoms with Crippen molar-refractivity contribution in [1.82, 2.24) is 24.5 Å². The molecule has 1 aliphatic rings. The van der Waals surface area contributed by atoms with Gasteiger partial charge in [0.15, 0.2) is 5.82 Å². The zero-order valence-corrected chi connectivity index (χ0v) is 22.1. The molecule has 0 bridgehead atoms. The minimum Gasteiger partial charge on any atom is -0.487 e. The summed E-state index contributed by atoms with van der Waals surface area (Å²) in [7, 11) is 0. The van der Waals surface area contributed by atoms with Gasteiger partial charge in [-0.15, -0.1) is 0 Å². The number of aliphatic hydroxyl groups is 1. The molecule has 0 unspecified atom stereocenters. The van der Waals surface area contributed by atoms with Crippen molar-refractivity contribution in [2.24, 2.45) is 0 Å². The lowest BCUT2D eigenvalue weighted by Crippen LogP contribution is -2.26. The second-order valence-corrected chi connectivity index (χ2v) is 10.4. The molecule has 8 nitrogen and oxygen atoms in total. The van der Waals surface area contributed by atoms with Crippen LogP contribution in [0.3, 0.4) is 0 Å². The van der Waals surface area contributed by atoms with E-state index >= 15 is 0 Å². The molecule has 1 N–H and O–H groups in total. The first-order chi connectivity index (χ1) is 18.0. The molecule has 1 fully saturated rings. The van der Waals surface area contributed by atoms with Crippen LogP contribution >= 0.6 is 0 Å². The van der Waals surface area contributed by atoms with Crippen molar-refractivity contribution in [1.29, 1.82) is 0 Å². The predicted octanol–water partition coefficient (Wildman–Crippen LogP) is 4.83. The van der Waals surface area contributed by atoms with E-state index in [4.69, 9.17) is 4.74 Å². The van der Waals surface area contributed by atoms with E-state index in [0.29, 0.717) is 34.1 Å². The number of aromatic nitrogens is 5. The summed E-state index contributed by atoms with van der Waals surface area (Å²) in [5, 5.41) is 10.3. The van der Waals surface area contributed by atoms with Gasteiger partial charge >= 0.3 is 0 Å². The maximum absolute atomic E-state index is 14.3. The summed E-state index contributed by atoms with van der Waals surface area (Å²) in [4.78, 5) is 31.3. The minimum atomic E-state index is -1.21. The highest BCUT2D eigenvalue weighted by molar-refractivity contribution is 5.60. The highest BCUT2D eigenvalue weighted by Crippen LogP contribution is 2.43. The summed E-state index contributed by atoms with van der Waals surface area (Å²) in [6.07, 6.45) is 6.67. The third-order valence-electron chi connectivity index (χ3n) is 6.58. The average Bonchev–Trinajstić information content (AvgIpc) is 3.69. The largest absolute Gasteiger partial charge is 0.487 e. The van der Waals surface area contributed by atoms with Gasteiger partial charge in [0, 0.05) is 30.4 Å². The molecule has 1 saturated carbocycles. The van der Waals surface area contributed by atoms with Crippen molar-refractivity contribution < 1.29 is 14.2 Å². The van der Waals surface area contributed by atoms with Gasteiger partial charge in [-0.2, -0.15) is 0 Å². The van der Waals surface area contributed by atoms with E-state index in [1.165, 1.54) is 6.07 Å². The molecule has 0 saturated heterocycles. The summed E-state index contributed by atoms with van der Waals surface area (Å²) >= 11 is 0. The van der Waals surface area contributed by atoms with Gasteiger partial charge < -0.3 is 9.84 Å². The number of nitrogens with zero attached hydrogens (tertiary/aromatic N) is 5. The Morgan fingerprint density at radius 3 is 2.53 bits per heavy atom. The molecule has 0 atom stereocenters. The number of hydrogen-bond donors (Lipinski definition) is 1. The maximum atomic E-state index is 14.3. The van der Waals surface area contributed by atoms with Crippen molar-refractivity contribution in [3.8, 4) is 22.8 Å². The number of rotatable bonds is 7. The second-order valence-electron chi connectivity index (χ2n) is 10.4. The molecule has 0 aliphatic heterocycles. The first kappa shape index (κ1) is 25.7. The van der Waals surface area contributed by atoms with Gasteiger partial charge in [0.25, 0.3) is 5.56 Å². The Bertz CT molecular complexity index is 1590. The summed E-state index contributed by atoms with van der Waals surface area (Å²) in [6.45, 7) is 8.69. The lowest BCUT2D eigenvalue weighted by atomic mass is 10.1. The van der Waals surface area contributed by atoms with E-state index < -0.39 is 11.4 Å². The van der Waals surface area contributed by atoms with E-state index in [2.05, 4.69) is 19.9 Å². The molecule has 4 aromatic heterocycles. The van der Waals surface area contributed by atoms with Gasteiger partial charge in [0.1, 0.15) is 29.5 Å². The first-order valence-corrected chi connectivity index (χ1v) is 12.6. The van der Waals surface area contributed by atoms with Gasteiger partial charge in [0.2, 0.25) is 0 Å². The fraction of sp³-hybridized carbons (Fsp3) is 0.345. The van der Waals surface area contributed by atoms with Crippen molar-refractivity contribution in [3.05, 3.63) is 92.9 Å². The summed E-state index contributed by atoms with van der Waals surface area (Å²) in [6, 6.07) is 6.79. The Labute approximate surface area is 220 Å². The number of ether oxygens (including phenoxy) is 1. The Balaban J connectivity index is 1.56. The zero-order chi connectivity index (χ0) is 27.2. The fourth-order valence-corrected chi connectivity index (χ4v) is 4.39. The van der Waals surface area contributed by atoms with Gasteiger partial charge in [-0.25, -0.2) is 14.4 Å². The number of halogens is 1. The van der Waals surface area contributed by atoms with Gasteiger partial charge in [0.05, 0.1) is 22.6 Å². The molecule has 0 spiro atoms. The normalized spacial score (nSPS) is 13.6. The van der Waals surface area contributed by atoms with Crippen molar-refractivity contribution in [2.45, 2.75) is 65.6 Å². The highest BCUT2D eigenvalue weighted by atomic mass is 19.1. The van der Waals surface area contributed by atoms with Crippen LogP contribution in [-0.4, -0.2) is 29.6 Å². The van der Waals surface area contributed by atoms with Gasteiger partial charge in [-0.05, 0) is 82.7 Å². The zero-order valence-electron chi connectivity index (χ0n) is 22.1. The number of aryl methyl sites for hydroxylation is 3. The Kier molecular flexibility index (Phi) is 6.56. The van der Waals surface area contributed by atoms with E-state index in [-0.39, 0.29) is 29.6 Å². The third-order valence-corrected chi connectivity index (χ3v) is 6.58. The topological polar surface area (TPSA) is 103 Å². The van der Waals surface area contributed by atoms with Crippen LogP contribution < -0.4 is 10.3 Å². The number of hydrogen-bond acceptors (Lipinski definition) is 7. The molecule has 0 amide bonds. The van der Waals surface area contributed by atoms with Crippen LogP contribution in [0.4, 0.5) is 4.39 Å². The summed E-state index contributed by atoms with van der Waals surface area (Å²) < 4.78 is 22.0. The van der Waals surface area contributed by atoms with Crippen LogP contribution in [0.25, 0.3) is 17.1 Å². The molecule has 4 aromatic rings. The maximum Gasteiger partial charge on any atom is 0.262 e. The standard InChI is InChI=1S/C29H30FN5O3/c1-16-10-20(30)23(32-13-16)15-38-25-11-18(3)35(27(36)26(25)19-6-7-19)24-12-22(33-14-17(24)2)21-8-9-31-28(34-21)29(4,5)37/h8-14,19,37H,6-7,15H2,1-5H3. The van der Waals surface area contributed by atoms with Crippen LogP contribution in [0.1, 0.15) is 66.5 Å². The van der Waals surface area contributed by atoms with E-state index in [1.54, 1.807) is 50.0 Å². The van der Waals surface area contributed by atoms with Crippen LogP contribution in [-0.2, 0) is 12.2 Å². The Hall–Kier alpha value is -3.98. The Morgan fingerprint density at radius 1 is 1.08 bits per heavy atom. The lowest BCUT2D eigenvalue weighted by Gasteiger charge is -2.19. The molecular weight excluding hydrogens is 485 g/mol. The summed E-state index contributed by atoms with van der Waals surface area (Å²) in [5.41, 5.74) is 3.41. The van der Waals surface area contributed by atoms with Gasteiger partial charge in [-0.3, -0.25) is 19.3 Å². The molecule has 4 heterocycles. The third kappa shape index (κ3) is 5.06. The second kappa shape index (κ2) is 9.72. The van der Waals surface area contributed by atoms with Crippen molar-refractivity contribution in [2.75, 3.05) is 0 Å². The number of pyridine rings is 3. The lowest BCUT2D eigenvalue weighted by molar-refractivity contribution is 0.0688. The Morgan fingerprint density at radius 2 is 1.84 bits per heavy atom. The molecule has 38 heavy (non-hydrogen) atoms. The predicted molar refractivity (Wildman–Crippen MR) is 141 cm³/mol. The molecule has 0 aromatic carbocycles. The molecule has 1 aliphatic carbocycles. The molecule has 9 heteroatoms. The van der Waals surface area contributed by atoms with E-state index in [1.807, 2.05) is 26.0 Å². The first-order valence-electron chi connectivity index (χ1n) is 12.6. The van der Waals surface area contributed by atoms with Crippen molar-refractivity contribution >= 4 is 0 Å². The fourth-order valence-electron chi connectivity index (χ4n) is 4.39.